The van der Waals surface area contributed by atoms with Crippen LogP contribution in [-0.2, 0) is 0 Å². The summed E-state index contributed by atoms with van der Waals surface area (Å²) in [6.45, 7) is 4.11. The van der Waals surface area contributed by atoms with Gasteiger partial charge in [0.15, 0.2) is 0 Å². The zero-order chi connectivity index (χ0) is 22.0. The number of esters is 1. The molecule has 31 heavy (non-hydrogen) atoms. The van der Waals surface area contributed by atoms with Crippen LogP contribution in [0.4, 0.5) is 0 Å². The van der Waals surface area contributed by atoms with Crippen LogP contribution in [0.25, 0.3) is 11.0 Å². The van der Waals surface area contributed by atoms with E-state index in [0.717, 1.165) is 5.56 Å². The van der Waals surface area contributed by atoms with Gasteiger partial charge in [0.05, 0.1) is 10.9 Å². The molecule has 0 spiro atoms. The first-order chi connectivity index (χ1) is 14.9. The summed E-state index contributed by atoms with van der Waals surface area (Å²) >= 11 is 3.33. The molecule has 0 bridgehead atoms. The molecular weight excluding hydrogens is 460 g/mol. The van der Waals surface area contributed by atoms with Crippen LogP contribution in [0.2, 0.25) is 0 Å². The second-order valence-corrected chi connectivity index (χ2v) is 8.11. The van der Waals surface area contributed by atoms with Crippen molar-refractivity contribution in [2.24, 2.45) is 0 Å². The van der Waals surface area contributed by atoms with Gasteiger partial charge in [0.2, 0.25) is 11.2 Å². The van der Waals surface area contributed by atoms with E-state index in [4.69, 9.17) is 13.9 Å². The fourth-order valence-electron chi connectivity index (χ4n) is 3.18. The minimum absolute atomic E-state index is 0.0959. The van der Waals surface area contributed by atoms with Crippen molar-refractivity contribution >= 4 is 32.9 Å². The van der Waals surface area contributed by atoms with Gasteiger partial charge in [0.1, 0.15) is 23.3 Å². The molecule has 3 aromatic carbocycles. The lowest BCUT2D eigenvalue weighted by Crippen LogP contribution is -2.10. The Kier molecular flexibility index (Phi) is 5.91. The quantitative estimate of drug-likeness (QED) is 0.236. The number of para-hydroxylation sites is 1. The lowest BCUT2D eigenvalue weighted by molar-refractivity contribution is 0.0734. The molecule has 4 rings (SSSR count). The number of hydrogen-bond donors (Lipinski definition) is 0. The van der Waals surface area contributed by atoms with Gasteiger partial charge >= 0.3 is 5.97 Å². The fourth-order valence-corrected chi connectivity index (χ4v) is 3.63. The molecule has 0 N–H and O–H groups in total. The minimum Gasteiger partial charge on any atom is -0.460 e. The number of rotatable bonds is 5. The van der Waals surface area contributed by atoms with E-state index in [2.05, 4.69) is 29.8 Å². The SMILES string of the molecule is CC(C)c1ccccc1Oc1coc2cc(OC(=O)c3ccccc3Br)ccc2c1=O. The van der Waals surface area contributed by atoms with E-state index in [0.29, 0.717) is 26.8 Å². The lowest BCUT2D eigenvalue weighted by Gasteiger charge is -2.13. The summed E-state index contributed by atoms with van der Waals surface area (Å²) in [5.74, 6) is 0.710. The number of ether oxygens (including phenoxy) is 2. The number of carbonyl (C=O) groups is 1. The summed E-state index contributed by atoms with van der Waals surface area (Å²) in [5, 5.41) is 0.334. The molecule has 1 aromatic heterocycles. The van der Waals surface area contributed by atoms with Crippen LogP contribution in [0.5, 0.6) is 17.2 Å². The number of fused-ring (bicyclic) bond motifs is 1. The van der Waals surface area contributed by atoms with Gasteiger partial charge in [-0.15, -0.1) is 0 Å². The van der Waals surface area contributed by atoms with Crippen LogP contribution in [0, 0.1) is 0 Å². The van der Waals surface area contributed by atoms with Crippen LogP contribution in [0.3, 0.4) is 0 Å². The standard InChI is InChI=1S/C25H19BrO5/c1-15(2)17-7-4-6-10-21(17)31-23-14-29-22-13-16(11-12-19(22)24(23)27)30-25(28)18-8-3-5-9-20(18)26/h3-15H,1-2H3. The Morgan fingerprint density at radius 1 is 0.968 bits per heavy atom. The average molecular weight is 479 g/mol. The third-order valence-corrected chi connectivity index (χ3v) is 5.47. The minimum atomic E-state index is -0.514. The molecule has 5 nitrogen and oxygen atoms in total. The number of carbonyl (C=O) groups excluding carboxylic acids is 1. The van der Waals surface area contributed by atoms with Crippen LogP contribution in [0.1, 0.15) is 35.7 Å². The Hall–Kier alpha value is -3.38. The van der Waals surface area contributed by atoms with Crippen molar-refractivity contribution in [2.75, 3.05) is 0 Å². The second-order valence-electron chi connectivity index (χ2n) is 7.25. The lowest BCUT2D eigenvalue weighted by atomic mass is 10.0. The van der Waals surface area contributed by atoms with Crippen molar-refractivity contribution in [1.29, 1.82) is 0 Å². The summed E-state index contributed by atoms with van der Waals surface area (Å²) in [7, 11) is 0. The molecule has 0 saturated carbocycles. The topological polar surface area (TPSA) is 65.7 Å². The Morgan fingerprint density at radius 2 is 1.71 bits per heavy atom. The van der Waals surface area contributed by atoms with Crippen LogP contribution < -0.4 is 14.9 Å². The molecule has 0 amide bonds. The summed E-state index contributed by atoms with van der Waals surface area (Å²) < 4.78 is 17.6. The third-order valence-electron chi connectivity index (χ3n) is 4.78. The van der Waals surface area contributed by atoms with Gasteiger partial charge in [-0.3, -0.25) is 4.79 Å². The molecule has 0 aliphatic heterocycles. The molecule has 0 saturated heterocycles. The molecule has 0 aliphatic carbocycles. The molecule has 0 atom stereocenters. The molecule has 0 fully saturated rings. The van der Waals surface area contributed by atoms with E-state index in [1.807, 2.05) is 30.3 Å². The van der Waals surface area contributed by atoms with Crippen LogP contribution in [-0.4, -0.2) is 5.97 Å². The van der Waals surface area contributed by atoms with Gasteiger partial charge in [-0.25, -0.2) is 4.79 Å². The van der Waals surface area contributed by atoms with Gasteiger partial charge in [-0.1, -0.05) is 44.2 Å². The van der Waals surface area contributed by atoms with E-state index in [-0.39, 0.29) is 22.8 Å². The van der Waals surface area contributed by atoms with Crippen LogP contribution >= 0.6 is 15.9 Å². The smallest absolute Gasteiger partial charge is 0.344 e. The Balaban J connectivity index is 1.62. The van der Waals surface area contributed by atoms with Gasteiger partial charge in [0.25, 0.3) is 0 Å². The second kappa shape index (κ2) is 8.78. The first-order valence-corrected chi connectivity index (χ1v) is 10.5. The Morgan fingerprint density at radius 3 is 2.48 bits per heavy atom. The van der Waals surface area contributed by atoms with Crippen molar-refractivity contribution in [2.45, 2.75) is 19.8 Å². The van der Waals surface area contributed by atoms with Gasteiger partial charge in [-0.2, -0.15) is 0 Å². The summed E-state index contributed by atoms with van der Waals surface area (Å²) in [6, 6.07) is 19.2. The number of halogens is 1. The van der Waals surface area contributed by atoms with Crippen LogP contribution in [0.15, 0.2) is 86.7 Å². The Bertz CT molecular complexity index is 1320. The highest BCUT2D eigenvalue weighted by Crippen LogP contribution is 2.30. The predicted molar refractivity (Wildman–Crippen MR) is 122 cm³/mol. The molecule has 6 heteroatoms. The molecule has 1 heterocycles. The number of hydrogen-bond acceptors (Lipinski definition) is 5. The van der Waals surface area contributed by atoms with E-state index >= 15 is 0 Å². The molecule has 0 aliphatic rings. The first-order valence-electron chi connectivity index (χ1n) is 9.73. The van der Waals surface area contributed by atoms with Gasteiger partial charge in [0, 0.05) is 10.5 Å². The van der Waals surface area contributed by atoms with E-state index in [9.17, 15) is 9.59 Å². The highest BCUT2D eigenvalue weighted by atomic mass is 79.9. The Labute approximate surface area is 187 Å². The average Bonchev–Trinajstić information content (AvgIpc) is 2.76. The van der Waals surface area contributed by atoms with Crippen molar-refractivity contribution in [3.8, 4) is 17.2 Å². The van der Waals surface area contributed by atoms with Crippen molar-refractivity contribution in [3.05, 3.63) is 98.8 Å². The monoisotopic (exact) mass is 478 g/mol. The molecular formula is C25H19BrO5. The summed E-state index contributed by atoms with van der Waals surface area (Å²) in [4.78, 5) is 25.3. The van der Waals surface area contributed by atoms with Gasteiger partial charge in [-0.05, 0) is 57.7 Å². The first kappa shape index (κ1) is 20.9. The van der Waals surface area contributed by atoms with E-state index < -0.39 is 5.97 Å². The molecule has 156 valence electrons. The van der Waals surface area contributed by atoms with Crippen molar-refractivity contribution < 1.29 is 18.7 Å². The van der Waals surface area contributed by atoms with E-state index in [1.54, 1.807) is 30.3 Å². The highest BCUT2D eigenvalue weighted by Gasteiger charge is 2.15. The highest BCUT2D eigenvalue weighted by molar-refractivity contribution is 9.10. The normalized spacial score (nSPS) is 11.0. The molecule has 4 aromatic rings. The van der Waals surface area contributed by atoms with E-state index in [1.165, 1.54) is 12.3 Å². The molecule has 0 unspecified atom stereocenters. The maximum Gasteiger partial charge on any atom is 0.344 e. The zero-order valence-electron chi connectivity index (χ0n) is 16.9. The maximum atomic E-state index is 12.9. The fraction of sp³-hybridized carbons (Fsp3) is 0.120. The largest absolute Gasteiger partial charge is 0.460 e. The summed E-state index contributed by atoms with van der Waals surface area (Å²) in [5.41, 5.74) is 1.39. The van der Waals surface area contributed by atoms with Crippen molar-refractivity contribution in [1.82, 2.24) is 0 Å². The zero-order valence-corrected chi connectivity index (χ0v) is 18.5. The van der Waals surface area contributed by atoms with Gasteiger partial charge < -0.3 is 13.9 Å². The third kappa shape index (κ3) is 4.39. The van der Waals surface area contributed by atoms with Crippen molar-refractivity contribution in [3.63, 3.8) is 0 Å². The molecule has 0 radical (unpaired) electrons. The predicted octanol–water partition coefficient (Wildman–Crippen LogP) is 6.69. The number of benzene rings is 3. The summed E-state index contributed by atoms with van der Waals surface area (Å²) in [6.07, 6.45) is 1.28. The maximum absolute atomic E-state index is 12.9.